The molecule has 9 nitrogen and oxygen atoms in total. The molecule has 2 aromatic heterocycles. The van der Waals surface area contributed by atoms with Gasteiger partial charge in [-0.3, -0.25) is 9.36 Å². The first-order valence-electron chi connectivity index (χ1n) is 11.7. The molecule has 2 aliphatic rings. The normalized spacial score (nSPS) is 24.6. The highest BCUT2D eigenvalue weighted by Gasteiger charge is 2.30. The molecule has 5 rings (SSSR count). The Morgan fingerprint density at radius 3 is 2.40 bits per heavy atom. The fourth-order valence-electron chi connectivity index (χ4n) is 5.06. The molecule has 35 heavy (non-hydrogen) atoms. The first-order valence-corrected chi connectivity index (χ1v) is 11.7. The first-order chi connectivity index (χ1) is 16.8. The van der Waals surface area contributed by atoms with Crippen LogP contribution in [0.15, 0.2) is 18.3 Å². The van der Waals surface area contributed by atoms with Crippen molar-refractivity contribution < 1.29 is 23.1 Å². The van der Waals surface area contributed by atoms with E-state index in [-0.39, 0.29) is 36.0 Å². The van der Waals surface area contributed by atoms with Crippen molar-refractivity contribution in [3.05, 3.63) is 35.8 Å². The van der Waals surface area contributed by atoms with E-state index in [4.69, 9.17) is 5.73 Å². The molecule has 12 heteroatoms. The SMILES string of the molecule is NC(=O)C1CCC(n2c(Nc3c(F)cc(F)cc3F)nc3cnc(N[C@@H]4CC[C@H](O)C4)nc32)CC1. The Kier molecular flexibility index (Phi) is 6.22. The van der Waals surface area contributed by atoms with Crippen LogP contribution in [-0.2, 0) is 4.79 Å². The molecule has 1 aromatic carbocycles. The van der Waals surface area contributed by atoms with Gasteiger partial charge in [-0.25, -0.2) is 23.1 Å². The van der Waals surface area contributed by atoms with E-state index in [1.807, 2.05) is 0 Å². The molecule has 0 aliphatic heterocycles. The van der Waals surface area contributed by atoms with E-state index < -0.39 is 23.1 Å². The fraction of sp³-hybridized carbons (Fsp3) is 0.478. The number of hydrogen-bond donors (Lipinski definition) is 4. The van der Waals surface area contributed by atoms with Gasteiger partial charge in [0, 0.05) is 30.1 Å². The summed E-state index contributed by atoms with van der Waals surface area (Å²) in [4.78, 5) is 25.0. The molecule has 2 saturated carbocycles. The minimum atomic E-state index is -1.09. The number of fused-ring (bicyclic) bond motifs is 1. The second kappa shape index (κ2) is 9.33. The van der Waals surface area contributed by atoms with Crippen LogP contribution in [0.2, 0.25) is 0 Å². The standard InChI is InChI=1S/C23H26F3N7O2/c24-12-7-16(25)19(17(26)8-12)31-23-30-18-10-28-22(29-13-3-6-15(34)9-13)32-21(18)33(23)14-4-1-11(2-5-14)20(27)35/h7-8,10-11,13-15,34H,1-6,9H2,(H2,27,35)(H,30,31)(H,28,29,32)/t11?,13-,14?,15+/m1/s1. The molecule has 5 N–H and O–H groups in total. The number of anilines is 3. The van der Waals surface area contributed by atoms with Gasteiger partial charge in [0.1, 0.15) is 17.0 Å². The van der Waals surface area contributed by atoms with E-state index in [1.165, 1.54) is 6.20 Å². The topological polar surface area (TPSA) is 131 Å². The van der Waals surface area contributed by atoms with Crippen LogP contribution >= 0.6 is 0 Å². The molecule has 186 valence electrons. The summed E-state index contributed by atoms with van der Waals surface area (Å²) in [5, 5.41) is 15.7. The summed E-state index contributed by atoms with van der Waals surface area (Å²) in [6, 6.07) is 1.05. The minimum absolute atomic E-state index is 0.0322. The van der Waals surface area contributed by atoms with Gasteiger partial charge in [0.15, 0.2) is 17.3 Å². The number of aromatic nitrogens is 4. The molecule has 1 amide bonds. The predicted octanol–water partition coefficient (Wildman–Crippen LogP) is 3.53. The van der Waals surface area contributed by atoms with Gasteiger partial charge in [-0.05, 0) is 44.9 Å². The molecule has 0 unspecified atom stereocenters. The van der Waals surface area contributed by atoms with Crippen LogP contribution in [0.5, 0.6) is 0 Å². The lowest BCUT2D eigenvalue weighted by Gasteiger charge is -2.29. The van der Waals surface area contributed by atoms with Gasteiger partial charge in [-0.15, -0.1) is 0 Å². The third-order valence-corrected chi connectivity index (χ3v) is 6.88. The van der Waals surface area contributed by atoms with Crippen LogP contribution in [0.1, 0.15) is 51.0 Å². The van der Waals surface area contributed by atoms with Crippen LogP contribution < -0.4 is 16.4 Å². The summed E-state index contributed by atoms with van der Waals surface area (Å²) in [6.07, 6.45) is 5.53. The van der Waals surface area contributed by atoms with Crippen molar-refractivity contribution in [3.8, 4) is 0 Å². The molecule has 2 fully saturated rings. The monoisotopic (exact) mass is 489 g/mol. The summed E-state index contributed by atoms with van der Waals surface area (Å²) < 4.78 is 44.0. The Morgan fingerprint density at radius 1 is 1.06 bits per heavy atom. The number of aliphatic hydroxyl groups is 1. The molecule has 0 spiro atoms. The number of carbonyl (C=O) groups excluding carboxylic acids is 1. The number of benzene rings is 1. The molecule has 0 saturated heterocycles. The number of nitrogens with zero attached hydrogens (tertiary/aromatic N) is 4. The van der Waals surface area contributed by atoms with Crippen molar-refractivity contribution in [2.45, 2.75) is 63.1 Å². The highest BCUT2D eigenvalue weighted by molar-refractivity contribution is 5.78. The largest absolute Gasteiger partial charge is 0.393 e. The van der Waals surface area contributed by atoms with Crippen molar-refractivity contribution in [2.24, 2.45) is 11.7 Å². The second-order valence-electron chi connectivity index (χ2n) is 9.29. The third kappa shape index (κ3) is 4.75. The molecule has 2 aliphatic carbocycles. The van der Waals surface area contributed by atoms with E-state index in [1.54, 1.807) is 4.57 Å². The lowest BCUT2D eigenvalue weighted by Crippen LogP contribution is -2.29. The molecule has 3 aromatic rings. The Balaban J connectivity index is 1.52. The van der Waals surface area contributed by atoms with Gasteiger partial charge >= 0.3 is 0 Å². The summed E-state index contributed by atoms with van der Waals surface area (Å²) in [7, 11) is 0. The number of halogens is 3. The smallest absolute Gasteiger partial charge is 0.224 e. The average molecular weight is 490 g/mol. The molecule has 0 bridgehead atoms. The number of primary amides is 1. The van der Waals surface area contributed by atoms with Gasteiger partial charge in [0.25, 0.3) is 0 Å². The molecule has 2 atom stereocenters. The maximum atomic E-state index is 14.4. The Bertz CT molecular complexity index is 1240. The zero-order valence-corrected chi connectivity index (χ0v) is 18.8. The zero-order valence-electron chi connectivity index (χ0n) is 18.8. The predicted molar refractivity (Wildman–Crippen MR) is 122 cm³/mol. The van der Waals surface area contributed by atoms with Crippen LogP contribution in [0, 0.1) is 23.4 Å². The first kappa shape index (κ1) is 23.3. The number of aliphatic hydroxyl groups excluding tert-OH is 1. The number of nitrogens with one attached hydrogen (secondary N) is 2. The van der Waals surface area contributed by atoms with Crippen LogP contribution in [-0.4, -0.2) is 42.7 Å². The molecular weight excluding hydrogens is 463 g/mol. The lowest BCUT2D eigenvalue weighted by atomic mass is 9.85. The van der Waals surface area contributed by atoms with Crippen molar-refractivity contribution >= 4 is 34.7 Å². The number of amides is 1. The van der Waals surface area contributed by atoms with Gasteiger partial charge < -0.3 is 21.5 Å². The second-order valence-corrected chi connectivity index (χ2v) is 9.29. The number of imidazole rings is 1. The van der Waals surface area contributed by atoms with E-state index in [2.05, 4.69) is 25.6 Å². The molecule has 2 heterocycles. The van der Waals surface area contributed by atoms with Crippen molar-refractivity contribution in [2.75, 3.05) is 10.6 Å². The van der Waals surface area contributed by atoms with E-state index >= 15 is 0 Å². The van der Waals surface area contributed by atoms with Gasteiger partial charge in [-0.1, -0.05) is 0 Å². The maximum absolute atomic E-state index is 14.4. The number of carbonyl (C=O) groups is 1. The molecular formula is C23H26F3N7O2. The van der Waals surface area contributed by atoms with Crippen LogP contribution in [0.3, 0.4) is 0 Å². The highest BCUT2D eigenvalue weighted by atomic mass is 19.1. The molecule has 0 radical (unpaired) electrons. The van der Waals surface area contributed by atoms with Crippen molar-refractivity contribution in [1.82, 2.24) is 19.5 Å². The van der Waals surface area contributed by atoms with Gasteiger partial charge in [0.2, 0.25) is 17.8 Å². The van der Waals surface area contributed by atoms with Crippen molar-refractivity contribution in [1.29, 1.82) is 0 Å². The minimum Gasteiger partial charge on any atom is -0.393 e. The summed E-state index contributed by atoms with van der Waals surface area (Å²) >= 11 is 0. The number of hydrogen-bond acceptors (Lipinski definition) is 7. The average Bonchev–Trinajstić information content (AvgIpc) is 3.38. The van der Waals surface area contributed by atoms with E-state index in [0.29, 0.717) is 67.8 Å². The van der Waals surface area contributed by atoms with Gasteiger partial charge in [0.05, 0.1) is 12.3 Å². The highest BCUT2D eigenvalue weighted by Crippen LogP contribution is 2.37. The van der Waals surface area contributed by atoms with Crippen molar-refractivity contribution in [3.63, 3.8) is 0 Å². The number of rotatable bonds is 6. The Hall–Kier alpha value is -3.41. The Morgan fingerprint density at radius 2 is 1.77 bits per heavy atom. The van der Waals surface area contributed by atoms with Crippen LogP contribution in [0.25, 0.3) is 11.2 Å². The van der Waals surface area contributed by atoms with Gasteiger partial charge in [-0.2, -0.15) is 4.98 Å². The Labute approximate surface area is 199 Å². The zero-order chi connectivity index (χ0) is 24.7. The quantitative estimate of drug-likeness (QED) is 0.417. The summed E-state index contributed by atoms with van der Waals surface area (Å²) in [5.74, 6) is -3.30. The number of nitrogens with two attached hydrogens (primary N) is 1. The van der Waals surface area contributed by atoms with E-state index in [9.17, 15) is 23.1 Å². The maximum Gasteiger partial charge on any atom is 0.224 e. The summed E-state index contributed by atoms with van der Waals surface area (Å²) in [6.45, 7) is 0. The fourth-order valence-corrected chi connectivity index (χ4v) is 5.06. The third-order valence-electron chi connectivity index (χ3n) is 6.88. The van der Waals surface area contributed by atoms with E-state index in [0.717, 1.165) is 6.42 Å². The lowest BCUT2D eigenvalue weighted by molar-refractivity contribution is -0.122. The summed E-state index contributed by atoms with van der Waals surface area (Å²) in [5.41, 5.74) is 5.81. The van der Waals surface area contributed by atoms with Crippen LogP contribution in [0.4, 0.5) is 30.8 Å².